The molecule has 3 heteroatoms. The van der Waals surface area contributed by atoms with Crippen LogP contribution in [-0.4, -0.2) is 43.8 Å². The summed E-state index contributed by atoms with van der Waals surface area (Å²) in [5, 5.41) is 0. The SMILES string of the molecule is CC#CCN1CCC(OCCCN)CC1. The van der Waals surface area contributed by atoms with Gasteiger partial charge in [0.25, 0.3) is 0 Å². The summed E-state index contributed by atoms with van der Waals surface area (Å²) in [6, 6.07) is 0. The summed E-state index contributed by atoms with van der Waals surface area (Å²) in [7, 11) is 0. The normalized spacial score (nSPS) is 18.5. The second-order valence-electron chi connectivity index (χ2n) is 3.92. The number of ether oxygens (including phenoxy) is 1. The monoisotopic (exact) mass is 210 g/mol. The zero-order chi connectivity index (χ0) is 10.9. The molecule has 1 rings (SSSR count). The molecule has 1 aliphatic rings. The van der Waals surface area contributed by atoms with E-state index in [4.69, 9.17) is 10.5 Å². The van der Waals surface area contributed by atoms with E-state index in [0.717, 1.165) is 52.0 Å². The van der Waals surface area contributed by atoms with Crippen molar-refractivity contribution in [3.8, 4) is 11.8 Å². The van der Waals surface area contributed by atoms with E-state index in [2.05, 4.69) is 16.7 Å². The zero-order valence-electron chi connectivity index (χ0n) is 9.67. The van der Waals surface area contributed by atoms with Gasteiger partial charge in [0.15, 0.2) is 0 Å². The van der Waals surface area contributed by atoms with E-state index in [-0.39, 0.29) is 0 Å². The van der Waals surface area contributed by atoms with Crippen LogP contribution in [0.3, 0.4) is 0 Å². The van der Waals surface area contributed by atoms with Crippen molar-refractivity contribution in [2.45, 2.75) is 32.3 Å². The number of piperidine rings is 1. The predicted octanol–water partition coefficient (Wildman–Crippen LogP) is 0.839. The third-order valence-electron chi connectivity index (χ3n) is 2.72. The lowest BCUT2D eigenvalue weighted by Crippen LogP contribution is -2.37. The maximum absolute atomic E-state index is 5.73. The van der Waals surface area contributed by atoms with Gasteiger partial charge in [-0.25, -0.2) is 0 Å². The average molecular weight is 210 g/mol. The van der Waals surface area contributed by atoms with Crippen LogP contribution in [0.15, 0.2) is 0 Å². The molecule has 1 fully saturated rings. The minimum Gasteiger partial charge on any atom is -0.378 e. The number of rotatable bonds is 5. The van der Waals surface area contributed by atoms with E-state index in [1.165, 1.54) is 0 Å². The fourth-order valence-electron chi connectivity index (χ4n) is 1.76. The molecule has 0 aliphatic carbocycles. The van der Waals surface area contributed by atoms with E-state index in [1.807, 2.05) is 6.92 Å². The quantitative estimate of drug-likeness (QED) is 0.540. The van der Waals surface area contributed by atoms with Crippen LogP contribution in [-0.2, 0) is 4.74 Å². The van der Waals surface area contributed by atoms with Crippen LogP contribution in [0.25, 0.3) is 0 Å². The van der Waals surface area contributed by atoms with E-state index < -0.39 is 0 Å². The Balaban J connectivity index is 2.09. The number of hydrogen-bond acceptors (Lipinski definition) is 3. The molecule has 1 aliphatic heterocycles. The van der Waals surface area contributed by atoms with Crippen molar-refractivity contribution in [1.29, 1.82) is 0 Å². The molecule has 0 radical (unpaired) electrons. The first-order valence-corrected chi connectivity index (χ1v) is 5.80. The highest BCUT2D eigenvalue weighted by molar-refractivity contribution is 4.98. The van der Waals surface area contributed by atoms with Gasteiger partial charge in [-0.1, -0.05) is 5.92 Å². The van der Waals surface area contributed by atoms with Gasteiger partial charge < -0.3 is 10.5 Å². The van der Waals surface area contributed by atoms with Gasteiger partial charge in [0.1, 0.15) is 0 Å². The van der Waals surface area contributed by atoms with Gasteiger partial charge in [-0.05, 0) is 32.7 Å². The molecule has 3 nitrogen and oxygen atoms in total. The Morgan fingerprint density at radius 1 is 1.40 bits per heavy atom. The van der Waals surface area contributed by atoms with Crippen LogP contribution in [0, 0.1) is 11.8 Å². The Bertz CT molecular complexity index is 211. The molecular formula is C12H22N2O. The lowest BCUT2D eigenvalue weighted by Gasteiger charge is -2.30. The van der Waals surface area contributed by atoms with E-state index >= 15 is 0 Å². The average Bonchev–Trinajstić information content (AvgIpc) is 2.28. The predicted molar refractivity (Wildman–Crippen MR) is 62.5 cm³/mol. The zero-order valence-corrected chi connectivity index (χ0v) is 9.67. The van der Waals surface area contributed by atoms with Crippen LogP contribution in [0.1, 0.15) is 26.2 Å². The van der Waals surface area contributed by atoms with Crippen molar-refractivity contribution >= 4 is 0 Å². The van der Waals surface area contributed by atoms with Crippen molar-refractivity contribution in [2.75, 3.05) is 32.8 Å². The molecule has 0 unspecified atom stereocenters. The molecule has 0 aromatic rings. The fraction of sp³-hybridized carbons (Fsp3) is 0.833. The summed E-state index contributed by atoms with van der Waals surface area (Å²) in [5.74, 6) is 6.03. The Morgan fingerprint density at radius 2 is 2.13 bits per heavy atom. The molecule has 0 saturated carbocycles. The number of likely N-dealkylation sites (tertiary alicyclic amines) is 1. The molecule has 2 N–H and O–H groups in total. The van der Waals surface area contributed by atoms with Crippen LogP contribution < -0.4 is 5.73 Å². The lowest BCUT2D eigenvalue weighted by atomic mass is 10.1. The molecule has 0 amide bonds. The Hall–Kier alpha value is -0.560. The summed E-state index contributed by atoms with van der Waals surface area (Å²) < 4.78 is 5.73. The van der Waals surface area contributed by atoms with Gasteiger partial charge in [-0.15, -0.1) is 5.92 Å². The van der Waals surface area contributed by atoms with E-state index in [0.29, 0.717) is 6.10 Å². The first kappa shape index (κ1) is 12.5. The lowest BCUT2D eigenvalue weighted by molar-refractivity contribution is 0.00988. The molecular weight excluding hydrogens is 188 g/mol. The molecule has 0 atom stereocenters. The second kappa shape index (κ2) is 7.70. The summed E-state index contributed by atoms with van der Waals surface area (Å²) in [5.41, 5.74) is 5.42. The minimum absolute atomic E-state index is 0.447. The number of hydrogen-bond donors (Lipinski definition) is 1. The molecule has 86 valence electrons. The molecule has 15 heavy (non-hydrogen) atoms. The fourth-order valence-corrected chi connectivity index (χ4v) is 1.76. The van der Waals surface area contributed by atoms with E-state index in [1.54, 1.807) is 0 Å². The molecule has 0 aromatic heterocycles. The van der Waals surface area contributed by atoms with Crippen LogP contribution in [0.2, 0.25) is 0 Å². The third kappa shape index (κ3) is 5.17. The first-order valence-electron chi connectivity index (χ1n) is 5.80. The molecule has 1 saturated heterocycles. The minimum atomic E-state index is 0.447. The molecule has 1 heterocycles. The first-order chi connectivity index (χ1) is 7.36. The van der Waals surface area contributed by atoms with Crippen LogP contribution >= 0.6 is 0 Å². The van der Waals surface area contributed by atoms with Gasteiger partial charge in [0, 0.05) is 19.7 Å². The highest BCUT2D eigenvalue weighted by atomic mass is 16.5. The standard InChI is InChI=1S/C12H22N2O/c1-2-3-8-14-9-5-12(6-10-14)15-11-4-7-13/h12H,4-11,13H2,1H3. The Labute approximate surface area is 93.0 Å². The van der Waals surface area contributed by atoms with Gasteiger partial charge in [-0.2, -0.15) is 0 Å². The Kier molecular flexibility index (Phi) is 6.42. The summed E-state index contributed by atoms with van der Waals surface area (Å²) >= 11 is 0. The Morgan fingerprint density at radius 3 is 2.73 bits per heavy atom. The third-order valence-corrected chi connectivity index (χ3v) is 2.72. The molecule has 0 spiro atoms. The number of nitrogens with two attached hydrogens (primary N) is 1. The summed E-state index contributed by atoms with van der Waals surface area (Å²) in [4.78, 5) is 2.39. The maximum atomic E-state index is 5.73. The van der Waals surface area contributed by atoms with Gasteiger partial charge in [0.2, 0.25) is 0 Å². The van der Waals surface area contributed by atoms with Crippen molar-refractivity contribution in [2.24, 2.45) is 5.73 Å². The van der Waals surface area contributed by atoms with Gasteiger partial charge in [0.05, 0.1) is 12.6 Å². The van der Waals surface area contributed by atoms with Crippen LogP contribution in [0.4, 0.5) is 0 Å². The molecule has 0 aromatic carbocycles. The van der Waals surface area contributed by atoms with Crippen LogP contribution in [0.5, 0.6) is 0 Å². The van der Waals surface area contributed by atoms with Crippen molar-refractivity contribution < 1.29 is 4.74 Å². The van der Waals surface area contributed by atoms with Crippen molar-refractivity contribution in [1.82, 2.24) is 4.90 Å². The van der Waals surface area contributed by atoms with Gasteiger partial charge in [-0.3, -0.25) is 4.90 Å². The number of nitrogens with zero attached hydrogens (tertiary/aromatic N) is 1. The summed E-state index contributed by atoms with van der Waals surface area (Å²) in [6.07, 6.45) is 3.69. The molecule has 0 bridgehead atoms. The maximum Gasteiger partial charge on any atom is 0.0601 e. The van der Waals surface area contributed by atoms with Gasteiger partial charge >= 0.3 is 0 Å². The summed E-state index contributed by atoms with van der Waals surface area (Å²) in [6.45, 7) is 6.57. The highest BCUT2D eigenvalue weighted by Gasteiger charge is 2.18. The highest BCUT2D eigenvalue weighted by Crippen LogP contribution is 2.13. The topological polar surface area (TPSA) is 38.5 Å². The largest absolute Gasteiger partial charge is 0.378 e. The van der Waals surface area contributed by atoms with E-state index in [9.17, 15) is 0 Å². The van der Waals surface area contributed by atoms with Crippen molar-refractivity contribution in [3.63, 3.8) is 0 Å². The van der Waals surface area contributed by atoms with Crippen molar-refractivity contribution in [3.05, 3.63) is 0 Å². The second-order valence-corrected chi connectivity index (χ2v) is 3.92. The smallest absolute Gasteiger partial charge is 0.0601 e.